The van der Waals surface area contributed by atoms with Crippen LogP contribution in [0.3, 0.4) is 0 Å². The number of anilines is 1. The number of nitrogens with two attached hydrogens (primary N) is 1. The van der Waals surface area contributed by atoms with Gasteiger partial charge in [0.2, 0.25) is 5.91 Å². The van der Waals surface area contributed by atoms with Gasteiger partial charge in [-0.2, -0.15) is 0 Å². The molecule has 2 aromatic heterocycles. The minimum Gasteiger partial charge on any atom is -0.387 e. The van der Waals surface area contributed by atoms with Crippen LogP contribution < -0.4 is 27.0 Å². The van der Waals surface area contributed by atoms with Crippen molar-refractivity contribution >= 4 is 28.8 Å². The van der Waals surface area contributed by atoms with E-state index >= 15 is 0 Å². The number of fused-ring (bicyclic) bond motifs is 1. The number of aliphatic hydroxyl groups is 2. The third-order valence-corrected chi connectivity index (χ3v) is 6.95. The van der Waals surface area contributed by atoms with Crippen LogP contribution >= 0.6 is 0 Å². The number of amides is 2. The number of nitrogens with one attached hydrogen (secondary N) is 4. The third kappa shape index (κ3) is 8.35. The molecule has 0 aromatic carbocycles. The number of carbonyl (C=O) groups excluding carboxylic acids is 2. The molecule has 40 heavy (non-hydrogen) atoms. The van der Waals surface area contributed by atoms with Crippen LogP contribution in [-0.2, 0) is 33.8 Å². The van der Waals surface area contributed by atoms with Gasteiger partial charge in [-0.3, -0.25) is 14.2 Å². The molecule has 216 valence electrons. The number of aromatic nitrogens is 4. The summed E-state index contributed by atoms with van der Waals surface area (Å²) < 4.78 is 7.14. The van der Waals surface area contributed by atoms with Crippen molar-refractivity contribution in [1.82, 2.24) is 45.7 Å². The predicted octanol–water partition coefficient (Wildman–Crippen LogP) is -2.69. The number of imidazole rings is 1. The van der Waals surface area contributed by atoms with Crippen LogP contribution in [0.5, 0.6) is 0 Å². The number of hydrogen-bond acceptors (Lipinski definition) is 12. The van der Waals surface area contributed by atoms with E-state index in [9.17, 15) is 19.8 Å². The number of rotatable bonds is 8. The number of unbranched alkanes of at least 4 members (excludes halogenated alkanes) is 2. The number of hydrogen-bond donors (Lipinski definition) is 7. The number of carbonyl (C=O) groups is 2. The van der Waals surface area contributed by atoms with Gasteiger partial charge in [-0.1, -0.05) is 6.42 Å². The fourth-order valence-electron chi connectivity index (χ4n) is 4.73. The summed E-state index contributed by atoms with van der Waals surface area (Å²) >= 11 is 0. The Morgan fingerprint density at radius 3 is 2.35 bits per heavy atom. The first-order valence-corrected chi connectivity index (χ1v) is 13.6. The molecule has 4 atom stereocenters. The van der Waals surface area contributed by atoms with E-state index in [-0.39, 0.29) is 31.2 Å². The predicted molar refractivity (Wildman–Crippen MR) is 142 cm³/mol. The minimum atomic E-state index is -1.43. The zero-order chi connectivity index (χ0) is 27.6. The number of nitrogen functional groups attached to an aromatic ring is 1. The summed E-state index contributed by atoms with van der Waals surface area (Å²) in [5, 5.41) is 33.8. The Kier molecular flexibility index (Phi) is 13.0. The molecule has 15 nitrogen and oxygen atoms in total. The van der Waals surface area contributed by atoms with Gasteiger partial charge in [0.25, 0.3) is 5.91 Å². The Bertz CT molecular complexity index is 1080. The van der Waals surface area contributed by atoms with Crippen molar-refractivity contribution in [2.45, 2.75) is 50.2 Å². The smallest absolute Gasteiger partial charge is 0.387 e. The maximum atomic E-state index is 12.7. The van der Waals surface area contributed by atoms with Gasteiger partial charge in [-0.25, -0.2) is 15.0 Å². The first-order chi connectivity index (χ1) is 19.0. The number of aliphatic hydroxyl groups excluding tert-OH is 2. The third-order valence-electron chi connectivity index (χ3n) is 6.95. The molecular weight excluding hydrogens is 574 g/mol. The van der Waals surface area contributed by atoms with Gasteiger partial charge < -0.3 is 46.9 Å². The van der Waals surface area contributed by atoms with E-state index in [1.54, 1.807) is 0 Å². The summed E-state index contributed by atoms with van der Waals surface area (Å²) in [4.78, 5) is 39.5. The Balaban J connectivity index is 0.00000441. The second-order valence-corrected chi connectivity index (χ2v) is 9.74. The molecule has 0 aliphatic carbocycles. The van der Waals surface area contributed by atoms with Crippen LogP contribution in [0.1, 0.15) is 31.9 Å². The van der Waals surface area contributed by atoms with Crippen LogP contribution in [0.15, 0.2) is 12.7 Å². The largest absolute Gasteiger partial charge is 2.00 e. The molecule has 2 aliphatic rings. The van der Waals surface area contributed by atoms with Crippen molar-refractivity contribution in [3.05, 3.63) is 12.7 Å². The molecule has 2 fully saturated rings. The van der Waals surface area contributed by atoms with E-state index in [0.717, 1.165) is 52.1 Å². The summed E-state index contributed by atoms with van der Waals surface area (Å²) in [5.74, 6) is -0.208. The van der Waals surface area contributed by atoms with Crippen molar-refractivity contribution in [3.8, 4) is 0 Å². The standard InChI is InChI=1S/C24H40N10O5.Zn/c25-21-17-22(31-14-30-21)34(15-32-17)24-19(37)18(36)20(39-24)23(38)29-5-3-1-2-4-16(35)33-12-10-27-8-6-26-7-9-28-11-13-33;/h14-15,18-20,24,26-28,36-37H,1-13H2,(H,29,38)(H2,25,30,31);/q;+2/t18-,19+,20-,24+;/m0./s1. The number of nitrogens with zero attached hydrogens (tertiary/aromatic N) is 5. The molecule has 4 rings (SSSR count). The Labute approximate surface area is 245 Å². The Hall–Kier alpha value is -2.33. The fraction of sp³-hybridized carbons (Fsp3) is 0.708. The van der Waals surface area contributed by atoms with Gasteiger partial charge in [0.1, 0.15) is 24.1 Å². The van der Waals surface area contributed by atoms with Crippen LogP contribution in [0.2, 0.25) is 0 Å². The van der Waals surface area contributed by atoms with E-state index in [4.69, 9.17) is 10.5 Å². The van der Waals surface area contributed by atoms with Crippen molar-refractivity contribution in [2.75, 3.05) is 64.6 Å². The monoisotopic (exact) mass is 612 g/mol. The van der Waals surface area contributed by atoms with E-state index < -0.39 is 30.4 Å². The van der Waals surface area contributed by atoms with Gasteiger partial charge >= 0.3 is 19.5 Å². The zero-order valence-corrected chi connectivity index (χ0v) is 25.8. The summed E-state index contributed by atoms with van der Waals surface area (Å²) in [6.07, 6.45) is 0.148. The molecule has 0 bridgehead atoms. The molecule has 0 unspecified atom stereocenters. The van der Waals surface area contributed by atoms with Crippen molar-refractivity contribution in [1.29, 1.82) is 0 Å². The summed E-state index contributed by atoms with van der Waals surface area (Å²) in [5.41, 5.74) is 6.47. The van der Waals surface area contributed by atoms with Gasteiger partial charge in [-0.05, 0) is 12.8 Å². The number of ether oxygens (including phenoxy) is 1. The maximum absolute atomic E-state index is 12.7. The van der Waals surface area contributed by atoms with Gasteiger partial charge in [0.05, 0.1) is 6.33 Å². The van der Waals surface area contributed by atoms with Gasteiger partial charge in [0, 0.05) is 65.3 Å². The van der Waals surface area contributed by atoms with Crippen molar-refractivity contribution in [2.24, 2.45) is 0 Å². The van der Waals surface area contributed by atoms with E-state index in [0.29, 0.717) is 43.6 Å². The molecular formula is C24H40N10O5Zn+2. The quantitative estimate of drug-likeness (QED) is 0.120. The molecule has 0 saturated carbocycles. The second-order valence-electron chi connectivity index (χ2n) is 9.74. The van der Waals surface area contributed by atoms with Gasteiger partial charge in [-0.15, -0.1) is 0 Å². The van der Waals surface area contributed by atoms with Crippen molar-refractivity contribution < 1.29 is 44.0 Å². The first kappa shape index (κ1) is 32.2. The van der Waals surface area contributed by atoms with Crippen LogP contribution in [-0.4, -0.2) is 124 Å². The molecule has 0 radical (unpaired) electrons. The Morgan fingerprint density at radius 1 is 0.975 bits per heavy atom. The average molecular weight is 614 g/mol. The molecule has 0 spiro atoms. The molecule has 2 saturated heterocycles. The molecule has 2 aliphatic heterocycles. The molecule has 8 N–H and O–H groups in total. The van der Waals surface area contributed by atoms with E-state index in [1.165, 1.54) is 17.2 Å². The average Bonchev–Trinajstić information content (AvgIpc) is 3.48. The molecule has 2 aromatic rings. The van der Waals surface area contributed by atoms with E-state index in [1.807, 2.05) is 4.90 Å². The molecule has 16 heteroatoms. The normalized spacial score (nSPS) is 24.6. The summed E-state index contributed by atoms with van der Waals surface area (Å²) in [7, 11) is 0. The van der Waals surface area contributed by atoms with Crippen LogP contribution in [0.25, 0.3) is 11.2 Å². The summed E-state index contributed by atoms with van der Waals surface area (Å²) in [6.45, 7) is 6.83. The SMILES string of the molecule is Nc1ncnc2c1ncn2[C@@H]1O[C@H](C(=O)NCCCCCC(=O)N2CCNCCNCCNCC2)[C@@H](O)[C@H]1O.[Zn+2]. The van der Waals surface area contributed by atoms with Crippen LogP contribution in [0, 0.1) is 0 Å². The first-order valence-electron chi connectivity index (χ1n) is 13.6. The zero-order valence-electron chi connectivity index (χ0n) is 22.8. The van der Waals surface area contributed by atoms with Crippen LogP contribution in [0.4, 0.5) is 5.82 Å². The van der Waals surface area contributed by atoms with E-state index in [2.05, 4.69) is 36.2 Å². The molecule has 2 amide bonds. The molecule has 4 heterocycles. The Morgan fingerprint density at radius 2 is 1.65 bits per heavy atom. The minimum absolute atomic E-state index is 0. The summed E-state index contributed by atoms with van der Waals surface area (Å²) in [6, 6.07) is 0. The second kappa shape index (κ2) is 16.2. The van der Waals surface area contributed by atoms with Crippen molar-refractivity contribution in [3.63, 3.8) is 0 Å². The maximum Gasteiger partial charge on any atom is 2.00 e. The topological polar surface area (TPSA) is 205 Å². The fourth-order valence-corrected chi connectivity index (χ4v) is 4.73. The van der Waals surface area contributed by atoms with Gasteiger partial charge in [0.15, 0.2) is 23.8 Å².